The van der Waals surface area contributed by atoms with Crippen LogP contribution in [-0.4, -0.2) is 40.5 Å². The van der Waals surface area contributed by atoms with E-state index in [1.165, 1.54) is 13.3 Å². The minimum Gasteiger partial charge on any atom is -0.468 e. The van der Waals surface area contributed by atoms with Gasteiger partial charge in [0.05, 0.1) is 17.6 Å². The van der Waals surface area contributed by atoms with Crippen molar-refractivity contribution in [3.05, 3.63) is 31.5 Å². The van der Waals surface area contributed by atoms with Crippen molar-refractivity contribution >= 4 is 28.0 Å². The van der Waals surface area contributed by atoms with Gasteiger partial charge in [0.2, 0.25) is 0 Å². The lowest BCUT2D eigenvalue weighted by Crippen LogP contribution is -2.45. The molecule has 0 aliphatic rings. The molecule has 1 heterocycles. The quantitative estimate of drug-likeness (QED) is 0.713. The molecule has 1 aromatic heterocycles. The molecule has 0 saturated heterocycles. The number of hydrogen-bond acceptors (Lipinski definition) is 6. The minimum atomic E-state index is -0.683. The Kier molecular flexibility index (Phi) is 6.97. The average Bonchev–Trinajstić information content (AvgIpc) is 2.49. The number of methoxy groups -OCH3 is 1. The van der Waals surface area contributed by atoms with Crippen LogP contribution in [0.2, 0.25) is 0 Å². The number of alkyl carbamates (subject to hydrolysis) is 1. The summed E-state index contributed by atoms with van der Waals surface area (Å²) in [5.41, 5.74) is -1.91. The van der Waals surface area contributed by atoms with Gasteiger partial charge in [-0.05, 0) is 43.6 Å². The first-order valence-electron chi connectivity index (χ1n) is 7.51. The van der Waals surface area contributed by atoms with E-state index in [9.17, 15) is 19.2 Å². The third kappa shape index (κ3) is 6.04. The number of hydrogen-bond donors (Lipinski definition) is 1. The zero-order valence-corrected chi connectivity index (χ0v) is 16.4. The molecule has 0 fully saturated rings. The Morgan fingerprint density at radius 3 is 2.44 bits per heavy atom. The summed E-state index contributed by atoms with van der Waals surface area (Å²) in [7, 11) is 1.20. The number of aromatic nitrogens is 2. The predicted molar refractivity (Wildman–Crippen MR) is 93.6 cm³/mol. The Morgan fingerprint density at radius 2 is 1.92 bits per heavy atom. The summed E-state index contributed by atoms with van der Waals surface area (Å²) in [5, 5.41) is 2.51. The highest BCUT2D eigenvalue weighted by Gasteiger charge is 2.20. The lowest BCUT2D eigenvalue weighted by molar-refractivity contribution is -0.141. The zero-order chi connectivity index (χ0) is 19.4. The molecule has 1 rings (SSSR count). The van der Waals surface area contributed by atoms with Gasteiger partial charge in [0.1, 0.15) is 12.1 Å². The Morgan fingerprint density at radius 1 is 1.32 bits per heavy atom. The molecule has 0 spiro atoms. The van der Waals surface area contributed by atoms with Gasteiger partial charge in [-0.1, -0.05) is 0 Å². The van der Waals surface area contributed by atoms with Crippen molar-refractivity contribution in [2.24, 2.45) is 0 Å². The Bertz CT molecular complexity index is 762. The van der Waals surface area contributed by atoms with E-state index >= 15 is 0 Å². The fraction of sp³-hybridized carbons (Fsp3) is 0.600. The summed E-state index contributed by atoms with van der Waals surface area (Å²) in [6.45, 7) is 6.43. The van der Waals surface area contributed by atoms with Gasteiger partial charge in [-0.2, -0.15) is 0 Å². The molecule has 1 atom stereocenters. The van der Waals surface area contributed by atoms with Gasteiger partial charge in [-0.25, -0.2) is 9.59 Å². The van der Waals surface area contributed by atoms with Crippen molar-refractivity contribution in [2.45, 2.75) is 45.9 Å². The highest BCUT2D eigenvalue weighted by molar-refractivity contribution is 9.10. The Hall–Kier alpha value is -2.10. The molecule has 25 heavy (non-hydrogen) atoms. The van der Waals surface area contributed by atoms with E-state index in [0.29, 0.717) is 0 Å². The average molecular weight is 420 g/mol. The third-order valence-electron chi connectivity index (χ3n) is 3.05. The molecule has 0 aliphatic carbocycles. The normalized spacial score (nSPS) is 12.4. The molecular formula is C15H22BrN3O6. The zero-order valence-electron chi connectivity index (χ0n) is 14.8. The van der Waals surface area contributed by atoms with Gasteiger partial charge >= 0.3 is 17.8 Å². The second kappa shape index (κ2) is 8.32. The van der Waals surface area contributed by atoms with E-state index in [4.69, 9.17) is 4.74 Å². The van der Waals surface area contributed by atoms with Gasteiger partial charge in [0.15, 0.2) is 0 Å². The van der Waals surface area contributed by atoms with E-state index in [1.54, 1.807) is 27.7 Å². The number of amides is 1. The Labute approximate surface area is 153 Å². The van der Waals surface area contributed by atoms with Crippen LogP contribution >= 0.6 is 15.9 Å². The van der Waals surface area contributed by atoms with Crippen LogP contribution in [0, 0.1) is 0 Å². The van der Waals surface area contributed by atoms with Crippen molar-refractivity contribution in [3.8, 4) is 0 Å². The van der Waals surface area contributed by atoms with Crippen LogP contribution in [0.5, 0.6) is 0 Å². The van der Waals surface area contributed by atoms with Gasteiger partial charge in [0, 0.05) is 12.7 Å². The lowest BCUT2D eigenvalue weighted by atomic mass is 10.2. The monoisotopic (exact) mass is 419 g/mol. The van der Waals surface area contributed by atoms with E-state index in [2.05, 4.69) is 26.0 Å². The van der Waals surface area contributed by atoms with Crippen LogP contribution < -0.4 is 16.6 Å². The maximum Gasteiger partial charge on any atom is 0.407 e. The number of halogens is 1. The van der Waals surface area contributed by atoms with Crippen LogP contribution in [-0.2, 0) is 20.8 Å². The molecule has 1 aromatic rings. The number of nitrogens with zero attached hydrogens (tertiary/aromatic N) is 2. The summed E-state index contributed by atoms with van der Waals surface area (Å²) in [5.74, 6) is -0.626. The van der Waals surface area contributed by atoms with Crippen molar-refractivity contribution in [1.29, 1.82) is 0 Å². The number of carbonyl (C=O) groups excluding carboxylic acids is 2. The molecule has 0 aromatic carbocycles. The van der Waals surface area contributed by atoms with Crippen LogP contribution in [0.15, 0.2) is 20.3 Å². The number of ether oxygens (including phenoxy) is 2. The van der Waals surface area contributed by atoms with E-state index in [1.807, 2.05) is 0 Å². The standard InChI is InChI=1S/C15H22BrN3O6/c1-9(6-17-13(22)25-15(2,3)4)19-12(21)10(16)7-18(14(19)23)8-11(20)24-5/h7,9H,6,8H2,1-5H3,(H,17,22)/t9-/m0/s1. The first kappa shape index (κ1) is 20.9. The minimum absolute atomic E-state index is 0.00125. The largest absolute Gasteiger partial charge is 0.468 e. The number of carbonyl (C=O) groups is 2. The van der Waals surface area contributed by atoms with Crippen LogP contribution in [0.3, 0.4) is 0 Å². The van der Waals surface area contributed by atoms with Crippen molar-refractivity contribution in [3.63, 3.8) is 0 Å². The van der Waals surface area contributed by atoms with Gasteiger partial charge in [-0.3, -0.25) is 18.7 Å². The molecule has 1 amide bonds. The molecule has 140 valence electrons. The molecule has 0 bridgehead atoms. The van der Waals surface area contributed by atoms with Crippen LogP contribution in [0.25, 0.3) is 0 Å². The fourth-order valence-corrected chi connectivity index (χ4v) is 2.37. The van der Waals surface area contributed by atoms with Crippen LogP contribution in [0.1, 0.15) is 33.7 Å². The molecule has 10 heteroatoms. The fourth-order valence-electron chi connectivity index (χ4n) is 1.93. The number of rotatable bonds is 5. The van der Waals surface area contributed by atoms with Crippen LogP contribution in [0.4, 0.5) is 4.79 Å². The summed E-state index contributed by atoms with van der Waals surface area (Å²) in [6, 6.07) is -0.658. The van der Waals surface area contributed by atoms with Gasteiger partial charge in [-0.15, -0.1) is 0 Å². The first-order valence-corrected chi connectivity index (χ1v) is 8.30. The summed E-state index contributed by atoms with van der Waals surface area (Å²) in [6.07, 6.45) is 0.573. The Balaban J connectivity index is 3.03. The van der Waals surface area contributed by atoms with E-state index < -0.39 is 35.0 Å². The third-order valence-corrected chi connectivity index (χ3v) is 3.60. The molecule has 0 aliphatic heterocycles. The summed E-state index contributed by atoms with van der Waals surface area (Å²) >= 11 is 3.07. The SMILES string of the molecule is COC(=O)Cn1cc(Br)c(=O)n([C@@H](C)CNC(=O)OC(C)(C)C)c1=O. The number of nitrogens with one attached hydrogen (secondary N) is 1. The maximum atomic E-state index is 12.5. The van der Waals surface area contributed by atoms with Gasteiger partial charge < -0.3 is 14.8 Å². The predicted octanol–water partition coefficient (Wildman–Crippen LogP) is 1.03. The maximum absolute atomic E-state index is 12.5. The van der Waals surface area contributed by atoms with Crippen molar-refractivity contribution < 1.29 is 19.1 Å². The first-order chi connectivity index (χ1) is 11.5. The smallest absolute Gasteiger partial charge is 0.407 e. The molecule has 9 nitrogen and oxygen atoms in total. The molecular weight excluding hydrogens is 398 g/mol. The second-order valence-electron chi connectivity index (χ2n) is 6.37. The highest BCUT2D eigenvalue weighted by atomic mass is 79.9. The van der Waals surface area contributed by atoms with Crippen molar-refractivity contribution in [2.75, 3.05) is 13.7 Å². The summed E-state index contributed by atoms with van der Waals surface area (Å²) in [4.78, 5) is 47.8. The van der Waals surface area contributed by atoms with Gasteiger partial charge in [0.25, 0.3) is 5.56 Å². The molecule has 1 N–H and O–H groups in total. The summed E-state index contributed by atoms with van der Waals surface area (Å²) < 4.78 is 11.8. The molecule has 0 saturated carbocycles. The topological polar surface area (TPSA) is 109 Å². The van der Waals surface area contributed by atoms with E-state index in [-0.39, 0.29) is 17.6 Å². The van der Waals surface area contributed by atoms with Crippen molar-refractivity contribution in [1.82, 2.24) is 14.5 Å². The second-order valence-corrected chi connectivity index (χ2v) is 7.22. The highest BCUT2D eigenvalue weighted by Crippen LogP contribution is 2.07. The number of esters is 1. The molecule has 0 unspecified atom stereocenters. The van der Waals surface area contributed by atoms with E-state index in [0.717, 1.165) is 9.13 Å². The lowest BCUT2D eigenvalue weighted by Gasteiger charge is -2.21. The molecule has 0 radical (unpaired) electrons.